The average Bonchev–Trinajstić information content (AvgIpc) is 3.46. The fourth-order valence-corrected chi connectivity index (χ4v) is 3.81. The summed E-state index contributed by atoms with van der Waals surface area (Å²) in [6, 6.07) is 6.56. The number of amides is 1. The van der Waals surface area contributed by atoms with Gasteiger partial charge in [0.1, 0.15) is 17.6 Å². The van der Waals surface area contributed by atoms with Crippen LogP contribution in [-0.2, 0) is 37.2 Å². The minimum Gasteiger partial charge on any atom is -0.441 e. The minimum atomic E-state index is -4.30. The number of hydrogen-bond acceptors (Lipinski definition) is 10. The quantitative estimate of drug-likeness (QED) is 0.351. The molecule has 0 radical (unpaired) electrons. The van der Waals surface area contributed by atoms with E-state index in [1.54, 1.807) is 26.4 Å². The molecule has 0 saturated heterocycles. The Morgan fingerprint density at radius 1 is 1.26 bits per heavy atom. The largest absolute Gasteiger partial charge is 0.441 e. The molecule has 0 saturated carbocycles. The molecule has 1 amide bonds. The summed E-state index contributed by atoms with van der Waals surface area (Å²) in [4.78, 5) is 14.9. The smallest absolute Gasteiger partial charge is 0.283 e. The zero-order valence-corrected chi connectivity index (χ0v) is 19.6. The van der Waals surface area contributed by atoms with Crippen molar-refractivity contribution in [1.82, 2.24) is 9.78 Å². The molecule has 0 unspecified atom stereocenters. The third-order valence-corrected chi connectivity index (χ3v) is 5.50. The van der Waals surface area contributed by atoms with Crippen LogP contribution >= 0.6 is 0 Å². The number of carbonyl (C=O) groups excluding carboxylic acids is 1. The normalized spacial score (nSPS) is 15.1. The van der Waals surface area contributed by atoms with E-state index in [9.17, 15) is 18.5 Å². The summed E-state index contributed by atoms with van der Waals surface area (Å²) in [7, 11) is 0.349. The number of aromatic nitrogens is 2. The summed E-state index contributed by atoms with van der Waals surface area (Å²) in [6.07, 6.45) is 1.40. The Hall–Kier alpha value is -3.51. The Balaban J connectivity index is 1.86. The van der Waals surface area contributed by atoms with E-state index in [1.165, 1.54) is 23.9 Å². The summed E-state index contributed by atoms with van der Waals surface area (Å²) in [6.45, 7) is 2.07. The number of hydrazone groups is 1. The summed E-state index contributed by atoms with van der Waals surface area (Å²) in [5, 5.41) is 18.5. The van der Waals surface area contributed by atoms with Crippen molar-refractivity contribution in [2.45, 2.75) is 5.75 Å². The third-order valence-electron chi connectivity index (χ3n) is 4.84. The number of rotatable bonds is 11. The van der Waals surface area contributed by atoms with Crippen LogP contribution in [0.2, 0.25) is 0 Å². The van der Waals surface area contributed by atoms with Crippen LogP contribution in [0.5, 0.6) is 0 Å². The first kappa shape index (κ1) is 25.1. The second-order valence-electron chi connectivity index (χ2n) is 7.23. The molecule has 1 N–H and O–H groups in total. The van der Waals surface area contributed by atoms with E-state index in [-0.39, 0.29) is 22.8 Å². The molecule has 1 aliphatic rings. The Morgan fingerprint density at radius 3 is 2.53 bits per heavy atom. The second kappa shape index (κ2) is 10.6. The van der Waals surface area contributed by atoms with Gasteiger partial charge in [0.2, 0.25) is 0 Å². The van der Waals surface area contributed by atoms with Gasteiger partial charge in [-0.3, -0.25) is 14.0 Å². The molecule has 0 aliphatic carbocycles. The number of aryl methyl sites for hydroxylation is 1. The topological polar surface area (TPSA) is 163 Å². The van der Waals surface area contributed by atoms with E-state index in [0.717, 1.165) is 5.01 Å². The van der Waals surface area contributed by atoms with E-state index in [2.05, 4.69) is 10.2 Å². The highest BCUT2D eigenvalue weighted by Crippen LogP contribution is 2.27. The van der Waals surface area contributed by atoms with Crippen molar-refractivity contribution < 1.29 is 31.7 Å². The molecule has 13 nitrogen and oxygen atoms in total. The van der Waals surface area contributed by atoms with Crippen molar-refractivity contribution in [2.24, 2.45) is 12.1 Å². The molecular formula is C20H24N6O7S. The first-order chi connectivity index (χ1) is 16.2. The lowest BCUT2D eigenvalue weighted by atomic mass is 10.1. The molecule has 182 valence electrons. The summed E-state index contributed by atoms with van der Waals surface area (Å²) >= 11 is 0. The summed E-state index contributed by atoms with van der Waals surface area (Å²) < 4.78 is 48.8. The molecule has 14 heteroatoms. The van der Waals surface area contributed by atoms with Crippen molar-refractivity contribution in [3.05, 3.63) is 35.2 Å². The van der Waals surface area contributed by atoms with Gasteiger partial charge >= 0.3 is 0 Å². The summed E-state index contributed by atoms with van der Waals surface area (Å²) in [5.74, 6) is -0.447. The van der Waals surface area contributed by atoms with E-state index >= 15 is 0 Å². The number of nitriles is 1. The molecule has 2 aromatic rings. The first-order valence-electron chi connectivity index (χ1n) is 10.0. The SMILES string of the molecule is COCCN(CCOC)c1ccc(/C=C2\C(=O)N(c3cc(CS(=O)(=O)O)n(C)n3)N=C2C#N)o1. The number of ether oxygens (including phenoxy) is 2. The van der Waals surface area contributed by atoms with Crippen LogP contribution in [0.25, 0.3) is 6.08 Å². The monoisotopic (exact) mass is 492 g/mol. The van der Waals surface area contributed by atoms with Gasteiger partial charge in [-0.15, -0.1) is 0 Å². The molecule has 1 aliphatic heterocycles. The van der Waals surface area contributed by atoms with Crippen LogP contribution in [0.4, 0.5) is 11.7 Å². The maximum absolute atomic E-state index is 13.0. The number of anilines is 2. The zero-order valence-electron chi connectivity index (χ0n) is 18.8. The lowest BCUT2D eigenvalue weighted by molar-refractivity contribution is -0.114. The van der Waals surface area contributed by atoms with E-state index in [1.807, 2.05) is 11.0 Å². The number of carbonyl (C=O) groups is 1. The number of furan rings is 1. The van der Waals surface area contributed by atoms with Crippen molar-refractivity contribution in [1.29, 1.82) is 5.26 Å². The summed E-state index contributed by atoms with van der Waals surface area (Å²) in [5.41, 5.74) is -0.0226. The molecule has 0 aromatic carbocycles. The van der Waals surface area contributed by atoms with Crippen LogP contribution in [0.1, 0.15) is 11.5 Å². The van der Waals surface area contributed by atoms with Gasteiger partial charge in [0.05, 0.1) is 24.5 Å². The molecule has 34 heavy (non-hydrogen) atoms. The first-order valence-corrected chi connectivity index (χ1v) is 11.6. The molecule has 0 fully saturated rings. The highest BCUT2D eigenvalue weighted by molar-refractivity contribution is 7.85. The van der Waals surface area contributed by atoms with E-state index in [4.69, 9.17) is 18.4 Å². The fraction of sp³-hybridized carbons (Fsp3) is 0.400. The lowest BCUT2D eigenvalue weighted by Crippen LogP contribution is -2.30. The molecule has 0 atom stereocenters. The number of hydrogen-bond donors (Lipinski definition) is 1. The van der Waals surface area contributed by atoms with E-state index in [0.29, 0.717) is 37.9 Å². The van der Waals surface area contributed by atoms with Crippen LogP contribution in [0.15, 0.2) is 33.3 Å². The maximum Gasteiger partial charge on any atom is 0.283 e. The Labute approximate surface area is 196 Å². The molecule has 0 spiro atoms. The second-order valence-corrected chi connectivity index (χ2v) is 8.68. The Bertz CT molecular complexity index is 1250. The molecular weight excluding hydrogens is 468 g/mol. The minimum absolute atomic E-state index is 0.00717. The van der Waals surface area contributed by atoms with Crippen LogP contribution in [0, 0.1) is 11.3 Å². The van der Waals surface area contributed by atoms with Crippen LogP contribution in [0.3, 0.4) is 0 Å². The highest BCUT2D eigenvalue weighted by atomic mass is 32.2. The predicted molar refractivity (Wildman–Crippen MR) is 122 cm³/mol. The van der Waals surface area contributed by atoms with Crippen molar-refractivity contribution in [3.8, 4) is 6.07 Å². The van der Waals surface area contributed by atoms with Gasteiger partial charge in [-0.25, -0.2) is 0 Å². The number of nitrogens with zero attached hydrogens (tertiary/aromatic N) is 6. The zero-order chi connectivity index (χ0) is 24.9. The van der Waals surface area contributed by atoms with E-state index < -0.39 is 21.8 Å². The standard InChI is InChI=1S/C20H24N6O7S/c1-24-14(13-34(28,29)30)10-18(23-24)26-20(27)16(17(12-21)22-26)11-15-4-5-19(33-15)25(6-8-31-2)7-9-32-3/h4-5,10-11H,6-9,13H2,1-3H3,(H,28,29,30)/b16-11-. The average molecular weight is 493 g/mol. The van der Waals surface area contributed by atoms with Gasteiger partial charge in [0, 0.05) is 46.5 Å². The van der Waals surface area contributed by atoms with Gasteiger partial charge in [0.15, 0.2) is 17.4 Å². The molecule has 3 heterocycles. The third kappa shape index (κ3) is 5.88. The van der Waals surface area contributed by atoms with Gasteiger partial charge in [0.25, 0.3) is 16.0 Å². The van der Waals surface area contributed by atoms with Gasteiger partial charge in [-0.05, 0) is 12.1 Å². The Morgan fingerprint density at radius 2 is 1.94 bits per heavy atom. The highest BCUT2D eigenvalue weighted by Gasteiger charge is 2.33. The predicted octanol–water partition coefficient (Wildman–Crippen LogP) is 0.810. The molecule has 3 rings (SSSR count). The number of methoxy groups -OCH3 is 2. The van der Waals surface area contributed by atoms with Gasteiger partial charge in [-0.1, -0.05) is 0 Å². The molecule has 2 aromatic heterocycles. The lowest BCUT2D eigenvalue weighted by Gasteiger charge is -2.20. The van der Waals surface area contributed by atoms with Crippen LogP contribution in [-0.4, -0.2) is 74.9 Å². The van der Waals surface area contributed by atoms with Crippen LogP contribution < -0.4 is 9.91 Å². The van der Waals surface area contributed by atoms with Gasteiger partial charge < -0.3 is 18.8 Å². The van der Waals surface area contributed by atoms with Crippen molar-refractivity contribution >= 4 is 39.5 Å². The fourth-order valence-electron chi connectivity index (χ4n) is 3.16. The Kier molecular flexibility index (Phi) is 7.84. The van der Waals surface area contributed by atoms with Crippen molar-refractivity contribution in [2.75, 3.05) is 50.4 Å². The van der Waals surface area contributed by atoms with Gasteiger partial charge in [-0.2, -0.15) is 28.9 Å². The molecule has 0 bridgehead atoms. The van der Waals surface area contributed by atoms with Crippen molar-refractivity contribution in [3.63, 3.8) is 0 Å². The maximum atomic E-state index is 13.0.